The molecule has 106 valence electrons. The molecule has 1 aromatic heterocycles. The van der Waals surface area contributed by atoms with E-state index in [-0.39, 0.29) is 16.5 Å². The van der Waals surface area contributed by atoms with E-state index in [4.69, 9.17) is 9.26 Å². The normalized spacial score (nSPS) is 30.4. The lowest BCUT2D eigenvalue weighted by Gasteiger charge is -2.12. The Morgan fingerprint density at radius 1 is 1.32 bits per heavy atom. The topological polar surface area (TPSA) is 81.4 Å². The third-order valence-electron chi connectivity index (χ3n) is 3.77. The number of aromatic nitrogens is 1. The maximum absolute atomic E-state index is 12.2. The van der Waals surface area contributed by atoms with E-state index in [9.17, 15) is 8.42 Å². The van der Waals surface area contributed by atoms with Crippen LogP contribution in [0.4, 0.5) is 0 Å². The van der Waals surface area contributed by atoms with Crippen molar-refractivity contribution in [3.63, 3.8) is 0 Å². The van der Waals surface area contributed by atoms with Crippen LogP contribution in [0.2, 0.25) is 0 Å². The minimum Gasteiger partial charge on any atom is -0.381 e. The van der Waals surface area contributed by atoms with Crippen LogP contribution in [0, 0.1) is 11.8 Å². The molecule has 1 unspecified atom stereocenters. The highest BCUT2D eigenvalue weighted by Gasteiger charge is 2.55. The summed E-state index contributed by atoms with van der Waals surface area (Å²) in [5.74, 6) is 0.638. The van der Waals surface area contributed by atoms with Crippen LogP contribution in [0.1, 0.15) is 26.5 Å². The number of sulfonamides is 1. The second-order valence-electron chi connectivity index (χ2n) is 6.29. The van der Waals surface area contributed by atoms with Crippen LogP contribution >= 0.6 is 0 Å². The SMILES string of the molecule is CC(C)(C)c1cc(S(=O)(=O)NC2[C@H]3COC[C@@H]23)on1. The third kappa shape index (κ3) is 2.30. The molecule has 1 aromatic rings. The van der Waals surface area contributed by atoms with Crippen LogP contribution in [-0.4, -0.2) is 32.8 Å². The maximum atomic E-state index is 12.2. The van der Waals surface area contributed by atoms with Crippen LogP contribution in [-0.2, 0) is 20.2 Å². The zero-order valence-corrected chi connectivity index (χ0v) is 12.0. The summed E-state index contributed by atoms with van der Waals surface area (Å²) in [5, 5.41) is 3.73. The van der Waals surface area contributed by atoms with Crippen LogP contribution < -0.4 is 4.72 Å². The van der Waals surface area contributed by atoms with Crippen LogP contribution in [0.3, 0.4) is 0 Å². The van der Waals surface area contributed by atoms with Gasteiger partial charge in [0.25, 0.3) is 15.1 Å². The van der Waals surface area contributed by atoms with Crippen molar-refractivity contribution >= 4 is 10.0 Å². The van der Waals surface area contributed by atoms with Crippen molar-refractivity contribution in [1.29, 1.82) is 0 Å². The van der Waals surface area contributed by atoms with Gasteiger partial charge in [-0.1, -0.05) is 25.9 Å². The lowest BCUT2D eigenvalue weighted by atomic mass is 9.93. The summed E-state index contributed by atoms with van der Waals surface area (Å²) in [5.41, 5.74) is 0.397. The van der Waals surface area contributed by atoms with Gasteiger partial charge in [0.1, 0.15) is 0 Å². The second kappa shape index (κ2) is 4.04. The molecule has 1 aliphatic carbocycles. The van der Waals surface area contributed by atoms with Gasteiger partial charge in [0, 0.05) is 29.4 Å². The number of ether oxygens (including phenoxy) is 1. The van der Waals surface area contributed by atoms with E-state index in [1.165, 1.54) is 6.07 Å². The zero-order chi connectivity index (χ0) is 13.8. The van der Waals surface area contributed by atoms with Crippen molar-refractivity contribution in [2.75, 3.05) is 13.2 Å². The Morgan fingerprint density at radius 3 is 2.47 bits per heavy atom. The summed E-state index contributed by atoms with van der Waals surface area (Å²) < 4.78 is 37.2. The van der Waals surface area contributed by atoms with E-state index < -0.39 is 10.0 Å². The van der Waals surface area contributed by atoms with E-state index in [1.54, 1.807) is 0 Å². The minimum atomic E-state index is -3.61. The Labute approximate surface area is 112 Å². The molecule has 1 aliphatic heterocycles. The van der Waals surface area contributed by atoms with Crippen LogP contribution in [0.25, 0.3) is 0 Å². The number of hydrogen-bond acceptors (Lipinski definition) is 5. The van der Waals surface area contributed by atoms with Gasteiger partial charge in [-0.3, -0.25) is 0 Å². The van der Waals surface area contributed by atoms with Crippen molar-refractivity contribution in [2.45, 2.75) is 37.3 Å². The minimum absolute atomic E-state index is 0.0121. The molecular weight excluding hydrogens is 268 g/mol. The fourth-order valence-corrected chi connectivity index (χ4v) is 3.62. The maximum Gasteiger partial charge on any atom is 0.277 e. The lowest BCUT2D eigenvalue weighted by Crippen LogP contribution is -2.29. The van der Waals surface area contributed by atoms with E-state index in [2.05, 4.69) is 9.88 Å². The van der Waals surface area contributed by atoms with Gasteiger partial charge in [0.05, 0.1) is 18.9 Å². The van der Waals surface area contributed by atoms with Gasteiger partial charge < -0.3 is 9.26 Å². The van der Waals surface area contributed by atoms with Gasteiger partial charge in [-0.2, -0.15) is 0 Å². The molecule has 0 radical (unpaired) electrons. The smallest absolute Gasteiger partial charge is 0.277 e. The highest BCUT2D eigenvalue weighted by Crippen LogP contribution is 2.44. The van der Waals surface area contributed by atoms with Crippen molar-refractivity contribution in [3.05, 3.63) is 11.8 Å². The van der Waals surface area contributed by atoms with Gasteiger partial charge in [-0.25, -0.2) is 13.1 Å². The van der Waals surface area contributed by atoms with Crippen molar-refractivity contribution in [2.24, 2.45) is 11.8 Å². The summed E-state index contributed by atoms with van der Waals surface area (Å²) in [6, 6.07) is 1.48. The number of nitrogens with zero attached hydrogens (tertiary/aromatic N) is 1. The summed E-state index contributed by atoms with van der Waals surface area (Å²) >= 11 is 0. The number of hydrogen-bond donors (Lipinski definition) is 1. The quantitative estimate of drug-likeness (QED) is 0.892. The monoisotopic (exact) mass is 286 g/mol. The fourth-order valence-electron chi connectivity index (χ4n) is 2.39. The molecule has 1 N–H and O–H groups in total. The van der Waals surface area contributed by atoms with Gasteiger partial charge >= 0.3 is 0 Å². The summed E-state index contributed by atoms with van der Waals surface area (Å²) in [6.07, 6.45) is 0. The molecule has 2 heterocycles. The van der Waals surface area contributed by atoms with Crippen LogP contribution in [0.5, 0.6) is 0 Å². The molecule has 0 spiro atoms. The summed E-state index contributed by atoms with van der Waals surface area (Å²) in [7, 11) is -3.61. The highest BCUT2D eigenvalue weighted by molar-refractivity contribution is 7.89. The Kier molecular flexibility index (Phi) is 2.78. The molecular formula is C12H18N2O4S. The van der Waals surface area contributed by atoms with E-state index in [0.717, 1.165) is 0 Å². The van der Waals surface area contributed by atoms with E-state index in [1.807, 2.05) is 20.8 Å². The summed E-state index contributed by atoms with van der Waals surface area (Å²) in [4.78, 5) is 0. The van der Waals surface area contributed by atoms with Gasteiger partial charge in [-0.15, -0.1) is 0 Å². The molecule has 7 heteroatoms. The Balaban J connectivity index is 1.75. The van der Waals surface area contributed by atoms with Gasteiger partial charge in [0.2, 0.25) is 0 Å². The molecule has 3 rings (SSSR count). The molecule has 19 heavy (non-hydrogen) atoms. The number of fused-ring (bicyclic) bond motifs is 1. The standard InChI is InChI=1S/C12H18N2O4S/c1-12(2,3)9-4-10(18-13-9)19(15,16)14-11-7-5-17-6-8(7)11/h4,7-8,11,14H,5-6H2,1-3H3/t7-,8+,11?. The van der Waals surface area contributed by atoms with Crippen molar-refractivity contribution in [1.82, 2.24) is 9.88 Å². The number of nitrogens with one attached hydrogen (secondary N) is 1. The molecule has 6 nitrogen and oxygen atoms in total. The Morgan fingerprint density at radius 2 is 1.95 bits per heavy atom. The summed E-state index contributed by atoms with van der Waals surface area (Å²) in [6.45, 7) is 7.15. The molecule has 0 bridgehead atoms. The highest BCUT2D eigenvalue weighted by atomic mass is 32.2. The molecule has 2 fully saturated rings. The molecule has 2 aliphatic rings. The Bertz CT molecular complexity index is 577. The second-order valence-corrected chi connectivity index (χ2v) is 7.94. The first kappa shape index (κ1) is 13.1. The number of rotatable bonds is 3. The zero-order valence-electron chi connectivity index (χ0n) is 11.2. The molecule has 0 aromatic carbocycles. The first-order valence-electron chi connectivity index (χ1n) is 6.36. The van der Waals surface area contributed by atoms with Crippen molar-refractivity contribution in [3.8, 4) is 0 Å². The Hall–Kier alpha value is -0.920. The predicted octanol–water partition coefficient (Wildman–Crippen LogP) is 0.895. The lowest BCUT2D eigenvalue weighted by molar-refractivity contribution is 0.159. The third-order valence-corrected chi connectivity index (χ3v) is 5.07. The predicted molar refractivity (Wildman–Crippen MR) is 67.1 cm³/mol. The average Bonchev–Trinajstić information content (AvgIpc) is 2.83. The van der Waals surface area contributed by atoms with E-state index >= 15 is 0 Å². The first-order valence-corrected chi connectivity index (χ1v) is 7.84. The van der Waals surface area contributed by atoms with Gasteiger partial charge in [0.15, 0.2) is 0 Å². The van der Waals surface area contributed by atoms with E-state index in [0.29, 0.717) is 30.7 Å². The van der Waals surface area contributed by atoms with Gasteiger partial charge in [-0.05, 0) is 0 Å². The van der Waals surface area contributed by atoms with Crippen LogP contribution in [0.15, 0.2) is 15.7 Å². The average molecular weight is 286 g/mol. The fraction of sp³-hybridized carbons (Fsp3) is 0.750. The molecule has 1 saturated heterocycles. The van der Waals surface area contributed by atoms with Crippen molar-refractivity contribution < 1.29 is 17.7 Å². The molecule has 3 atom stereocenters. The first-order chi connectivity index (χ1) is 8.79. The molecule has 1 saturated carbocycles. The largest absolute Gasteiger partial charge is 0.381 e. The molecule has 0 amide bonds.